The van der Waals surface area contributed by atoms with Crippen LogP contribution in [0.5, 0.6) is 0 Å². The molecule has 0 spiro atoms. The predicted octanol–water partition coefficient (Wildman–Crippen LogP) is 5.78. The van der Waals surface area contributed by atoms with Crippen molar-refractivity contribution in [1.29, 1.82) is 0 Å². The summed E-state index contributed by atoms with van der Waals surface area (Å²) < 4.78 is 2.32. The summed E-state index contributed by atoms with van der Waals surface area (Å²) in [5.74, 6) is 0. The summed E-state index contributed by atoms with van der Waals surface area (Å²) in [6.45, 7) is 4.72. The Morgan fingerprint density at radius 2 is 1.13 bits per heavy atom. The van der Waals surface area contributed by atoms with Crippen LogP contribution in [0.3, 0.4) is 0 Å². The molecular formula is C18H18Br2N2S. The molecule has 2 nitrogen and oxygen atoms in total. The average Bonchev–Trinajstić information content (AvgIpc) is 2.42. The molecule has 0 N–H and O–H groups in total. The van der Waals surface area contributed by atoms with Gasteiger partial charge in [0.05, 0.1) is 0 Å². The molecule has 0 saturated carbocycles. The van der Waals surface area contributed by atoms with Gasteiger partial charge in [0.15, 0.2) is 0 Å². The van der Waals surface area contributed by atoms with Gasteiger partial charge in [-0.1, -0.05) is 11.8 Å². The van der Waals surface area contributed by atoms with Crippen LogP contribution in [-0.2, 0) is 0 Å². The van der Waals surface area contributed by atoms with E-state index in [2.05, 4.69) is 78.1 Å². The van der Waals surface area contributed by atoms with Gasteiger partial charge < -0.3 is 9.80 Å². The summed E-state index contributed by atoms with van der Waals surface area (Å²) in [7, 11) is 0. The van der Waals surface area contributed by atoms with Gasteiger partial charge in [-0.3, -0.25) is 0 Å². The van der Waals surface area contributed by atoms with E-state index in [1.807, 2.05) is 11.8 Å². The molecule has 120 valence electrons. The topological polar surface area (TPSA) is 6.48 Å². The first-order valence-corrected chi connectivity index (χ1v) is 10.4. The summed E-state index contributed by atoms with van der Waals surface area (Å²) in [6.07, 6.45) is 2.62. The maximum Gasteiger partial charge on any atom is 0.0378 e. The normalized spacial score (nSPS) is 17.0. The lowest BCUT2D eigenvalue weighted by molar-refractivity contribution is 0.617. The van der Waals surface area contributed by atoms with E-state index >= 15 is 0 Å². The van der Waals surface area contributed by atoms with Crippen molar-refractivity contribution in [3.63, 3.8) is 0 Å². The molecule has 0 aliphatic carbocycles. The fourth-order valence-corrected chi connectivity index (χ4v) is 4.71. The Bertz CT molecular complexity index is 665. The molecule has 2 fully saturated rings. The molecule has 0 aromatic heterocycles. The minimum atomic E-state index is 1.16. The first-order chi connectivity index (χ1) is 11.2. The largest absolute Gasteiger partial charge is 0.371 e. The van der Waals surface area contributed by atoms with Gasteiger partial charge in [-0.25, -0.2) is 0 Å². The molecule has 0 bridgehead atoms. The molecule has 2 saturated heterocycles. The van der Waals surface area contributed by atoms with Crippen LogP contribution in [0.1, 0.15) is 12.8 Å². The van der Waals surface area contributed by atoms with Crippen LogP contribution >= 0.6 is 43.6 Å². The zero-order valence-corrected chi connectivity index (χ0v) is 16.8. The molecule has 2 aromatic carbocycles. The van der Waals surface area contributed by atoms with Crippen molar-refractivity contribution in [2.24, 2.45) is 0 Å². The molecule has 2 aliphatic rings. The average molecular weight is 454 g/mol. The fourth-order valence-electron chi connectivity index (χ4n) is 2.80. The lowest BCUT2D eigenvalue weighted by Crippen LogP contribution is -2.36. The van der Waals surface area contributed by atoms with Crippen molar-refractivity contribution in [1.82, 2.24) is 0 Å². The Kier molecular flexibility index (Phi) is 4.61. The maximum absolute atomic E-state index is 3.71. The molecular weight excluding hydrogens is 436 g/mol. The van der Waals surface area contributed by atoms with E-state index < -0.39 is 0 Å². The number of halogens is 2. The van der Waals surface area contributed by atoms with Gasteiger partial charge in [-0.15, -0.1) is 0 Å². The van der Waals surface area contributed by atoms with Crippen LogP contribution in [0.15, 0.2) is 55.1 Å². The molecule has 5 heteroatoms. The van der Waals surface area contributed by atoms with Gasteiger partial charge in [0.2, 0.25) is 0 Å². The van der Waals surface area contributed by atoms with Gasteiger partial charge in [-0.2, -0.15) is 0 Å². The van der Waals surface area contributed by atoms with Crippen LogP contribution in [0.25, 0.3) is 0 Å². The molecule has 0 unspecified atom stereocenters. The van der Waals surface area contributed by atoms with Crippen molar-refractivity contribution in [2.75, 3.05) is 36.0 Å². The van der Waals surface area contributed by atoms with Crippen LogP contribution in [0.4, 0.5) is 11.4 Å². The monoisotopic (exact) mass is 452 g/mol. The Balaban J connectivity index is 1.61. The predicted molar refractivity (Wildman–Crippen MR) is 106 cm³/mol. The second-order valence-electron chi connectivity index (χ2n) is 6.01. The van der Waals surface area contributed by atoms with E-state index in [1.165, 1.54) is 60.2 Å². The van der Waals surface area contributed by atoms with Crippen molar-refractivity contribution >= 4 is 55.0 Å². The highest BCUT2D eigenvalue weighted by Crippen LogP contribution is 2.41. The summed E-state index contributed by atoms with van der Waals surface area (Å²) in [4.78, 5) is 7.41. The Morgan fingerprint density at radius 1 is 0.696 bits per heavy atom. The molecule has 0 atom stereocenters. The zero-order valence-electron chi connectivity index (χ0n) is 12.8. The second kappa shape index (κ2) is 6.69. The van der Waals surface area contributed by atoms with Crippen LogP contribution in [-0.4, -0.2) is 26.2 Å². The molecule has 2 heterocycles. The van der Waals surface area contributed by atoms with E-state index in [0.29, 0.717) is 0 Å². The molecule has 4 rings (SSSR count). The molecule has 0 radical (unpaired) electrons. The SMILES string of the molecule is Brc1ccc(N2CCC2)cc1Sc1cc(N2CCC2)ccc1Br. The fraction of sp³-hybridized carbons (Fsp3) is 0.333. The summed E-state index contributed by atoms with van der Waals surface area (Å²) >= 11 is 9.24. The van der Waals surface area contributed by atoms with Gasteiger partial charge in [0.25, 0.3) is 0 Å². The van der Waals surface area contributed by atoms with E-state index in [4.69, 9.17) is 0 Å². The number of nitrogens with zero attached hydrogens (tertiary/aromatic N) is 2. The number of anilines is 2. The first kappa shape index (κ1) is 15.9. The summed E-state index contributed by atoms with van der Waals surface area (Å²) in [5, 5.41) is 0. The van der Waals surface area contributed by atoms with Gasteiger partial charge in [0.1, 0.15) is 0 Å². The van der Waals surface area contributed by atoms with Gasteiger partial charge in [-0.05, 0) is 81.1 Å². The first-order valence-electron chi connectivity index (χ1n) is 7.97. The highest BCUT2D eigenvalue weighted by atomic mass is 79.9. The third kappa shape index (κ3) is 3.28. The Morgan fingerprint density at radius 3 is 1.48 bits per heavy atom. The lowest BCUT2D eigenvalue weighted by Gasteiger charge is -2.34. The van der Waals surface area contributed by atoms with Crippen molar-refractivity contribution < 1.29 is 0 Å². The Labute approximate surface area is 158 Å². The third-order valence-electron chi connectivity index (χ3n) is 4.49. The van der Waals surface area contributed by atoms with E-state index in [0.717, 1.165) is 8.95 Å². The van der Waals surface area contributed by atoms with Gasteiger partial charge >= 0.3 is 0 Å². The molecule has 2 aromatic rings. The number of hydrogen-bond acceptors (Lipinski definition) is 3. The summed E-state index contributed by atoms with van der Waals surface area (Å²) in [6, 6.07) is 13.4. The zero-order chi connectivity index (χ0) is 15.8. The third-order valence-corrected chi connectivity index (χ3v) is 7.52. The second-order valence-corrected chi connectivity index (χ2v) is 8.81. The molecule has 2 aliphatic heterocycles. The number of rotatable bonds is 4. The van der Waals surface area contributed by atoms with Crippen LogP contribution in [0.2, 0.25) is 0 Å². The number of hydrogen-bond donors (Lipinski definition) is 0. The van der Waals surface area contributed by atoms with E-state index in [-0.39, 0.29) is 0 Å². The van der Waals surface area contributed by atoms with Crippen molar-refractivity contribution in [3.8, 4) is 0 Å². The maximum atomic E-state index is 3.71. The van der Waals surface area contributed by atoms with Crippen LogP contribution < -0.4 is 9.80 Å². The Hall–Kier alpha value is -0.650. The minimum absolute atomic E-state index is 1.16. The van der Waals surface area contributed by atoms with Crippen LogP contribution in [0, 0.1) is 0 Å². The smallest absolute Gasteiger partial charge is 0.0378 e. The highest BCUT2D eigenvalue weighted by molar-refractivity contribution is 9.11. The molecule has 23 heavy (non-hydrogen) atoms. The standard InChI is InChI=1S/C18H18Br2N2S/c19-15-5-3-13(21-7-1-8-21)11-17(15)23-18-12-14(4-6-16(18)20)22-9-2-10-22/h3-6,11-12H,1-2,7-10H2. The summed E-state index contributed by atoms with van der Waals surface area (Å²) in [5.41, 5.74) is 2.66. The quantitative estimate of drug-likeness (QED) is 0.578. The van der Waals surface area contributed by atoms with Gasteiger partial charge in [0, 0.05) is 56.3 Å². The minimum Gasteiger partial charge on any atom is -0.371 e. The highest BCUT2D eigenvalue weighted by Gasteiger charge is 2.18. The molecule has 0 amide bonds. The lowest BCUT2D eigenvalue weighted by atomic mass is 10.2. The van der Waals surface area contributed by atoms with E-state index in [9.17, 15) is 0 Å². The van der Waals surface area contributed by atoms with Crippen molar-refractivity contribution in [3.05, 3.63) is 45.3 Å². The number of benzene rings is 2. The van der Waals surface area contributed by atoms with Crippen molar-refractivity contribution in [2.45, 2.75) is 22.6 Å². The van der Waals surface area contributed by atoms with E-state index in [1.54, 1.807) is 0 Å².